The van der Waals surface area contributed by atoms with Gasteiger partial charge in [-0.3, -0.25) is 9.59 Å². The number of carbonyl (C=O) groups is 1. The van der Waals surface area contributed by atoms with Crippen molar-refractivity contribution in [1.82, 2.24) is 4.98 Å². The Balaban J connectivity index is 2.56. The second kappa shape index (κ2) is 5.41. The van der Waals surface area contributed by atoms with Crippen molar-refractivity contribution in [3.05, 3.63) is 55.0 Å². The topological polar surface area (TPSA) is 119 Å². The molecule has 0 saturated heterocycles. The molecule has 2 aliphatic rings. The zero-order valence-electron chi connectivity index (χ0n) is 13.3. The maximum atomic E-state index is 12.2. The van der Waals surface area contributed by atoms with Gasteiger partial charge in [-0.15, -0.1) is 0 Å². The molecule has 3 N–H and O–H groups in total. The van der Waals surface area contributed by atoms with E-state index in [1.54, 1.807) is 12.1 Å². The molecule has 1 aliphatic heterocycles. The van der Waals surface area contributed by atoms with Gasteiger partial charge in [-0.05, 0) is 12.1 Å². The maximum absolute atomic E-state index is 12.2. The van der Waals surface area contributed by atoms with Crippen LogP contribution in [0.5, 0.6) is 0 Å². The molecule has 0 fully saturated rings. The molecule has 0 bridgehead atoms. The number of nitrogens with two attached hydrogens (primary N) is 1. The lowest BCUT2D eigenvalue weighted by atomic mass is 10.1. The van der Waals surface area contributed by atoms with Crippen LogP contribution in [0.2, 0.25) is 0 Å². The molecule has 3 rings (SSSR count). The number of aromatic nitrogens is 1. The minimum atomic E-state index is -0.997. The lowest BCUT2D eigenvalue weighted by Crippen LogP contribution is -2.31. The Labute approximate surface area is 135 Å². The molecule has 8 heteroatoms. The molecule has 1 aromatic rings. The van der Waals surface area contributed by atoms with Gasteiger partial charge in [-0.25, -0.2) is 4.79 Å². The molecule has 8 nitrogen and oxygen atoms in total. The zero-order chi connectivity index (χ0) is 17.6. The van der Waals surface area contributed by atoms with E-state index in [0.29, 0.717) is 11.1 Å². The van der Waals surface area contributed by atoms with Crippen molar-refractivity contribution in [2.45, 2.75) is 0 Å². The number of benzene rings is 1. The summed E-state index contributed by atoms with van der Waals surface area (Å²) in [4.78, 5) is 41.0. The average molecular weight is 329 g/mol. The Morgan fingerprint density at radius 1 is 1.25 bits per heavy atom. The smallest absolute Gasteiger partial charge is 0.342 e. The number of anilines is 2. The van der Waals surface area contributed by atoms with Crippen molar-refractivity contribution < 1.29 is 13.9 Å². The van der Waals surface area contributed by atoms with Gasteiger partial charge < -0.3 is 24.8 Å². The minimum absolute atomic E-state index is 0.0362. The van der Waals surface area contributed by atoms with Gasteiger partial charge in [-0.2, -0.15) is 0 Å². The molecular weight excluding hydrogens is 314 g/mol. The van der Waals surface area contributed by atoms with Crippen molar-refractivity contribution in [1.29, 1.82) is 0 Å². The number of hydrogen-bond donors (Lipinski definition) is 2. The fraction of sp³-hybridized carbons (Fsp3) is 0.188. The van der Waals surface area contributed by atoms with Crippen LogP contribution in [-0.2, 0) is 4.74 Å². The summed E-state index contributed by atoms with van der Waals surface area (Å²) in [5, 5.41) is 0.0362. The van der Waals surface area contributed by atoms with Crippen molar-refractivity contribution in [2.75, 3.05) is 31.8 Å². The van der Waals surface area contributed by atoms with E-state index in [1.165, 1.54) is 0 Å². The van der Waals surface area contributed by atoms with Crippen LogP contribution >= 0.6 is 0 Å². The molecule has 0 spiro atoms. The van der Waals surface area contributed by atoms with Crippen molar-refractivity contribution >= 4 is 28.4 Å². The normalized spacial score (nSPS) is 11.0. The summed E-state index contributed by atoms with van der Waals surface area (Å²) in [7, 11) is 4.87. The van der Waals surface area contributed by atoms with E-state index in [9.17, 15) is 14.4 Å². The van der Waals surface area contributed by atoms with Gasteiger partial charge in [0.15, 0.2) is 5.58 Å². The second-order valence-corrected chi connectivity index (χ2v) is 5.44. The van der Waals surface area contributed by atoms with E-state index < -0.39 is 22.5 Å². The van der Waals surface area contributed by atoms with Crippen LogP contribution in [0.1, 0.15) is 10.4 Å². The standard InChI is InChI=1S/C16H15N3O5/c1-19(2)7-4-5-8-9(6-7)24-15-12(18-8)10(16(22)23-3)11(17)13(20)14(15)21/h4-6,18H,17H2,1-3H3. The first kappa shape index (κ1) is 15.6. The largest absolute Gasteiger partial charge is 0.465 e. The molecule has 24 heavy (non-hydrogen) atoms. The first-order chi connectivity index (χ1) is 11.3. The summed E-state index contributed by atoms with van der Waals surface area (Å²) in [5.41, 5.74) is 4.55. The van der Waals surface area contributed by atoms with Gasteiger partial charge in [0.1, 0.15) is 16.6 Å². The van der Waals surface area contributed by atoms with Crippen LogP contribution in [0, 0.1) is 10.8 Å². The number of esters is 1. The fourth-order valence-electron chi connectivity index (χ4n) is 2.45. The SMILES string of the molecule is COC(=O)c1c(N)c(=O)c(=O)c2oc3cc(N(C)C)ccc3[nH]c1=2. The number of carbonyl (C=O) groups excluding carboxylic acids is 1. The molecule has 1 aliphatic carbocycles. The number of nitrogen functional groups attached to an aromatic ring is 1. The molecule has 0 unspecified atom stereocenters. The number of rotatable bonds is 2. The lowest BCUT2D eigenvalue weighted by Gasteiger charge is -2.13. The lowest BCUT2D eigenvalue weighted by molar-refractivity contribution is 0.0600. The van der Waals surface area contributed by atoms with Crippen LogP contribution in [0.3, 0.4) is 0 Å². The fourth-order valence-corrected chi connectivity index (χ4v) is 2.45. The summed E-state index contributed by atoms with van der Waals surface area (Å²) < 4.78 is 10.3. The van der Waals surface area contributed by atoms with Gasteiger partial charge >= 0.3 is 5.97 Å². The Morgan fingerprint density at radius 2 is 1.96 bits per heavy atom. The third-order valence-corrected chi connectivity index (χ3v) is 3.75. The third-order valence-electron chi connectivity index (χ3n) is 3.75. The van der Waals surface area contributed by atoms with Crippen LogP contribution < -0.4 is 21.5 Å². The molecular formula is C16H15N3O5. The van der Waals surface area contributed by atoms with E-state index in [1.807, 2.05) is 25.1 Å². The van der Waals surface area contributed by atoms with E-state index in [0.717, 1.165) is 12.8 Å². The minimum Gasteiger partial charge on any atom is -0.465 e. The zero-order valence-corrected chi connectivity index (χ0v) is 13.3. The van der Waals surface area contributed by atoms with Gasteiger partial charge in [0.25, 0.3) is 10.9 Å². The summed E-state index contributed by atoms with van der Waals surface area (Å²) in [5.74, 6) is -0.828. The van der Waals surface area contributed by atoms with Crippen LogP contribution in [0.25, 0.3) is 11.1 Å². The van der Waals surface area contributed by atoms with Crippen LogP contribution in [-0.4, -0.2) is 32.2 Å². The second-order valence-electron chi connectivity index (χ2n) is 5.44. The van der Waals surface area contributed by atoms with Gasteiger partial charge in [0.2, 0.25) is 5.42 Å². The van der Waals surface area contributed by atoms with Crippen molar-refractivity contribution in [2.24, 2.45) is 0 Å². The average Bonchev–Trinajstić information content (AvgIpc) is 2.58. The van der Waals surface area contributed by atoms with Gasteiger partial charge in [-0.1, -0.05) is 0 Å². The Morgan fingerprint density at radius 3 is 2.58 bits per heavy atom. The maximum Gasteiger partial charge on any atom is 0.342 e. The number of ether oxygens (including phenoxy) is 1. The predicted octanol–water partition coefficient (Wildman–Crippen LogP) is 0.641. The molecule has 0 aromatic heterocycles. The number of methoxy groups -OCH3 is 1. The number of hydrogen-bond acceptors (Lipinski definition) is 7. The highest BCUT2D eigenvalue weighted by molar-refractivity contribution is 5.95. The summed E-state index contributed by atoms with van der Waals surface area (Å²) in [6.45, 7) is 0. The van der Waals surface area contributed by atoms with E-state index in [4.69, 9.17) is 10.2 Å². The highest BCUT2D eigenvalue weighted by Gasteiger charge is 2.21. The van der Waals surface area contributed by atoms with Gasteiger partial charge in [0, 0.05) is 25.8 Å². The Hall–Kier alpha value is -3.29. The highest BCUT2D eigenvalue weighted by atomic mass is 16.5. The predicted molar refractivity (Wildman–Crippen MR) is 88.5 cm³/mol. The number of fused-ring (bicyclic) bond motifs is 1. The summed E-state index contributed by atoms with van der Waals surface area (Å²) >= 11 is 0. The van der Waals surface area contributed by atoms with E-state index >= 15 is 0 Å². The number of nitrogens with zero attached hydrogens (tertiary/aromatic N) is 1. The van der Waals surface area contributed by atoms with E-state index in [2.05, 4.69) is 9.72 Å². The van der Waals surface area contributed by atoms with Gasteiger partial charge in [0.05, 0.1) is 12.6 Å². The molecule has 0 saturated carbocycles. The third kappa shape index (κ3) is 2.19. The number of aromatic amines is 1. The summed E-state index contributed by atoms with van der Waals surface area (Å²) in [6, 6.07) is 5.28. The molecule has 0 atom stereocenters. The summed E-state index contributed by atoms with van der Waals surface area (Å²) in [6.07, 6.45) is 0. The molecule has 0 amide bonds. The molecule has 0 radical (unpaired) electrons. The number of nitrogens with one attached hydrogen (secondary N) is 1. The molecule has 124 valence electrons. The van der Waals surface area contributed by atoms with E-state index in [-0.39, 0.29) is 16.3 Å². The Bertz CT molecular complexity index is 1140. The number of H-pyrrole nitrogens is 1. The first-order valence-electron chi connectivity index (χ1n) is 7.03. The molecule has 1 heterocycles. The van der Waals surface area contributed by atoms with Crippen LogP contribution in [0.4, 0.5) is 11.4 Å². The first-order valence-corrected chi connectivity index (χ1v) is 7.03. The molecule has 1 aromatic carbocycles. The monoisotopic (exact) mass is 329 g/mol. The highest BCUT2D eigenvalue weighted by Crippen LogP contribution is 2.21. The Kier molecular flexibility index (Phi) is 3.52. The van der Waals surface area contributed by atoms with Crippen LogP contribution in [0.15, 0.2) is 32.2 Å². The van der Waals surface area contributed by atoms with Crippen molar-refractivity contribution in [3.63, 3.8) is 0 Å². The quantitative estimate of drug-likeness (QED) is 0.523. The van der Waals surface area contributed by atoms with Crippen molar-refractivity contribution in [3.8, 4) is 0 Å².